The Morgan fingerprint density at radius 1 is 1.00 bits per heavy atom. The van der Waals surface area contributed by atoms with E-state index in [2.05, 4.69) is 0 Å². The monoisotopic (exact) mass is 369 g/mol. The molecule has 0 fully saturated rings. The third-order valence-corrected chi connectivity index (χ3v) is 4.57. The second-order valence-electron chi connectivity index (χ2n) is 4.26. The van der Waals surface area contributed by atoms with E-state index in [1.807, 2.05) is 4.72 Å². The van der Waals surface area contributed by atoms with E-state index in [0.29, 0.717) is 6.07 Å². The van der Waals surface area contributed by atoms with Crippen molar-refractivity contribution in [2.75, 3.05) is 4.72 Å². The SMILES string of the molecule is O=S(=O)(Nc1cc(C(F)(F)F)ccc1Cl)c1cccc(Cl)c1. The maximum atomic E-state index is 12.7. The normalized spacial score (nSPS) is 12.2. The molecule has 2 aromatic rings. The first-order chi connectivity index (χ1) is 10.1. The predicted octanol–water partition coefficient (Wildman–Crippen LogP) is 4.81. The Hall–Kier alpha value is -1.44. The summed E-state index contributed by atoms with van der Waals surface area (Å²) in [7, 11) is -4.11. The number of hydrogen-bond donors (Lipinski definition) is 1. The molecule has 118 valence electrons. The van der Waals surface area contributed by atoms with Gasteiger partial charge in [-0.1, -0.05) is 29.3 Å². The second kappa shape index (κ2) is 5.98. The van der Waals surface area contributed by atoms with Crippen molar-refractivity contribution in [3.63, 3.8) is 0 Å². The lowest BCUT2D eigenvalue weighted by Gasteiger charge is -2.13. The number of hydrogen-bond acceptors (Lipinski definition) is 2. The molecule has 0 saturated heterocycles. The Bertz CT molecular complexity index is 807. The summed E-state index contributed by atoms with van der Waals surface area (Å²) in [5, 5.41) is 0.0246. The molecule has 0 unspecified atom stereocenters. The zero-order chi connectivity index (χ0) is 16.5. The predicted molar refractivity (Wildman–Crippen MR) is 78.7 cm³/mol. The zero-order valence-corrected chi connectivity index (χ0v) is 13.0. The minimum Gasteiger partial charge on any atom is -0.278 e. The number of benzene rings is 2. The molecule has 0 aliphatic carbocycles. The van der Waals surface area contributed by atoms with Crippen LogP contribution in [0.25, 0.3) is 0 Å². The average molecular weight is 370 g/mol. The summed E-state index contributed by atoms with van der Waals surface area (Å²) in [5.74, 6) is 0. The summed E-state index contributed by atoms with van der Waals surface area (Å²) in [6, 6.07) is 7.67. The number of alkyl halides is 3. The van der Waals surface area contributed by atoms with Gasteiger partial charge in [-0.25, -0.2) is 8.42 Å². The van der Waals surface area contributed by atoms with Crippen LogP contribution < -0.4 is 4.72 Å². The van der Waals surface area contributed by atoms with Gasteiger partial charge in [0.2, 0.25) is 0 Å². The lowest BCUT2D eigenvalue weighted by Crippen LogP contribution is -2.14. The smallest absolute Gasteiger partial charge is 0.278 e. The van der Waals surface area contributed by atoms with Crippen LogP contribution in [0.3, 0.4) is 0 Å². The molecule has 2 rings (SSSR count). The van der Waals surface area contributed by atoms with Gasteiger partial charge in [-0.3, -0.25) is 4.72 Å². The number of sulfonamides is 1. The topological polar surface area (TPSA) is 46.2 Å². The van der Waals surface area contributed by atoms with Crippen molar-refractivity contribution in [2.45, 2.75) is 11.1 Å². The summed E-state index contributed by atoms with van der Waals surface area (Å²) >= 11 is 11.5. The van der Waals surface area contributed by atoms with E-state index in [1.54, 1.807) is 0 Å². The van der Waals surface area contributed by atoms with E-state index in [9.17, 15) is 21.6 Å². The fourth-order valence-corrected chi connectivity index (χ4v) is 3.21. The van der Waals surface area contributed by atoms with Gasteiger partial charge in [0.1, 0.15) is 0 Å². The number of halogens is 5. The van der Waals surface area contributed by atoms with E-state index >= 15 is 0 Å². The van der Waals surface area contributed by atoms with Gasteiger partial charge in [-0.2, -0.15) is 13.2 Å². The number of anilines is 1. The van der Waals surface area contributed by atoms with Crippen LogP contribution >= 0.6 is 23.2 Å². The molecule has 3 nitrogen and oxygen atoms in total. The molecule has 0 aliphatic heterocycles. The molecule has 0 saturated carbocycles. The van der Waals surface area contributed by atoms with Crippen LogP contribution in [-0.2, 0) is 16.2 Å². The fraction of sp³-hybridized carbons (Fsp3) is 0.0769. The first kappa shape index (κ1) is 16.9. The van der Waals surface area contributed by atoms with Gasteiger partial charge in [-0.05, 0) is 36.4 Å². The molecule has 9 heteroatoms. The highest BCUT2D eigenvalue weighted by atomic mass is 35.5. The van der Waals surface area contributed by atoms with Crippen LogP contribution in [0.15, 0.2) is 47.4 Å². The maximum absolute atomic E-state index is 12.7. The Labute approximate surface area is 134 Å². The molecule has 1 N–H and O–H groups in total. The summed E-state index contributed by atoms with van der Waals surface area (Å²) in [4.78, 5) is -0.187. The molecular formula is C13H8Cl2F3NO2S. The quantitative estimate of drug-likeness (QED) is 0.843. The van der Waals surface area contributed by atoms with Crippen LogP contribution in [0.4, 0.5) is 18.9 Å². The summed E-state index contributed by atoms with van der Waals surface area (Å²) in [5.41, 5.74) is -1.38. The minimum atomic E-state index is -4.61. The largest absolute Gasteiger partial charge is 0.416 e. The van der Waals surface area contributed by atoms with Crippen molar-refractivity contribution in [1.82, 2.24) is 0 Å². The third kappa shape index (κ3) is 3.85. The van der Waals surface area contributed by atoms with Crippen molar-refractivity contribution < 1.29 is 21.6 Å². The Kier molecular flexibility index (Phi) is 4.60. The van der Waals surface area contributed by atoms with E-state index in [0.717, 1.165) is 12.1 Å². The van der Waals surface area contributed by atoms with Gasteiger partial charge >= 0.3 is 6.18 Å². The van der Waals surface area contributed by atoms with E-state index in [1.165, 1.54) is 24.3 Å². The molecule has 0 atom stereocenters. The van der Waals surface area contributed by atoms with Crippen molar-refractivity contribution in [1.29, 1.82) is 0 Å². The van der Waals surface area contributed by atoms with Gasteiger partial charge in [0, 0.05) is 5.02 Å². The van der Waals surface area contributed by atoms with Gasteiger partial charge in [-0.15, -0.1) is 0 Å². The first-order valence-electron chi connectivity index (χ1n) is 5.75. The third-order valence-electron chi connectivity index (χ3n) is 2.64. The standard InChI is InChI=1S/C13H8Cl2F3NO2S/c14-9-2-1-3-10(7-9)22(20,21)19-12-6-8(13(16,17)18)4-5-11(12)15/h1-7,19H. The highest BCUT2D eigenvalue weighted by molar-refractivity contribution is 7.92. The molecule has 0 radical (unpaired) electrons. The Balaban J connectivity index is 2.42. The summed E-state index contributed by atoms with van der Waals surface area (Å²) in [6.45, 7) is 0. The minimum absolute atomic E-state index is 0.154. The second-order valence-corrected chi connectivity index (χ2v) is 6.78. The van der Waals surface area contributed by atoms with Crippen molar-refractivity contribution in [2.24, 2.45) is 0 Å². The average Bonchev–Trinajstić information content (AvgIpc) is 2.40. The molecule has 0 aliphatic rings. The maximum Gasteiger partial charge on any atom is 0.416 e. The van der Waals surface area contributed by atoms with E-state index in [4.69, 9.17) is 23.2 Å². The molecule has 0 spiro atoms. The van der Waals surface area contributed by atoms with Crippen molar-refractivity contribution in [3.05, 3.63) is 58.1 Å². The first-order valence-corrected chi connectivity index (χ1v) is 7.98. The van der Waals surface area contributed by atoms with Gasteiger partial charge in [0.15, 0.2) is 0 Å². The number of rotatable bonds is 3. The van der Waals surface area contributed by atoms with Gasteiger partial charge in [0.25, 0.3) is 10.0 Å². The molecule has 0 aromatic heterocycles. The molecule has 22 heavy (non-hydrogen) atoms. The molecule has 0 amide bonds. The molecular weight excluding hydrogens is 362 g/mol. The highest BCUT2D eigenvalue weighted by Gasteiger charge is 2.31. The number of nitrogens with one attached hydrogen (secondary N) is 1. The van der Waals surface area contributed by atoms with Crippen molar-refractivity contribution >= 4 is 38.9 Å². The van der Waals surface area contributed by atoms with E-state index < -0.39 is 21.8 Å². The molecule has 0 heterocycles. The summed E-state index contributed by atoms with van der Waals surface area (Å²) in [6.07, 6.45) is -4.61. The van der Waals surface area contributed by atoms with Crippen LogP contribution in [0, 0.1) is 0 Å². The van der Waals surface area contributed by atoms with Crippen LogP contribution in [0.2, 0.25) is 10.0 Å². The molecule has 2 aromatic carbocycles. The van der Waals surface area contributed by atoms with E-state index in [-0.39, 0.29) is 20.6 Å². The van der Waals surface area contributed by atoms with Crippen LogP contribution in [0.5, 0.6) is 0 Å². The van der Waals surface area contributed by atoms with Crippen LogP contribution in [0.1, 0.15) is 5.56 Å². The van der Waals surface area contributed by atoms with Gasteiger partial charge < -0.3 is 0 Å². The lowest BCUT2D eigenvalue weighted by molar-refractivity contribution is -0.137. The zero-order valence-electron chi connectivity index (χ0n) is 10.7. The summed E-state index contributed by atoms with van der Waals surface area (Å²) < 4.78 is 64.4. The molecule has 0 bridgehead atoms. The lowest BCUT2D eigenvalue weighted by atomic mass is 10.2. The Morgan fingerprint density at radius 2 is 1.68 bits per heavy atom. The Morgan fingerprint density at radius 3 is 2.27 bits per heavy atom. The van der Waals surface area contributed by atoms with Crippen molar-refractivity contribution in [3.8, 4) is 0 Å². The highest BCUT2D eigenvalue weighted by Crippen LogP contribution is 2.34. The van der Waals surface area contributed by atoms with Gasteiger partial charge in [0.05, 0.1) is 21.2 Å². The van der Waals surface area contributed by atoms with Crippen LogP contribution in [-0.4, -0.2) is 8.42 Å². The fourth-order valence-electron chi connectivity index (χ4n) is 1.62.